The second kappa shape index (κ2) is 7.14. The number of ether oxygens (including phenoxy) is 1. The number of nitrogens with one attached hydrogen (secondary N) is 1. The third-order valence-electron chi connectivity index (χ3n) is 4.92. The third kappa shape index (κ3) is 3.76. The standard InChI is InChI=1S/C21H29N3O2/c1-14-11-19(23-24(14)21(2,3)4)22-20(25)17-12-15-9-7-6-8-10-16(15)13-18(17)26-5/h11-13H,6-10H2,1-5H3,(H,22,23,25). The maximum absolute atomic E-state index is 12.9. The van der Waals surface area contributed by atoms with Crippen molar-refractivity contribution in [1.82, 2.24) is 9.78 Å². The Hall–Kier alpha value is -2.30. The summed E-state index contributed by atoms with van der Waals surface area (Å²) < 4.78 is 7.44. The first-order chi connectivity index (χ1) is 12.3. The lowest BCUT2D eigenvalue weighted by Gasteiger charge is -2.21. The summed E-state index contributed by atoms with van der Waals surface area (Å²) >= 11 is 0. The van der Waals surface area contributed by atoms with E-state index in [9.17, 15) is 4.79 Å². The van der Waals surface area contributed by atoms with Crippen LogP contribution in [-0.2, 0) is 18.4 Å². The van der Waals surface area contributed by atoms with Gasteiger partial charge in [0.05, 0.1) is 18.2 Å². The van der Waals surface area contributed by atoms with Gasteiger partial charge in [0.25, 0.3) is 5.91 Å². The van der Waals surface area contributed by atoms with E-state index in [1.165, 1.54) is 30.4 Å². The predicted molar refractivity (Wildman–Crippen MR) is 104 cm³/mol. The first-order valence-corrected chi connectivity index (χ1v) is 9.38. The Morgan fingerprint density at radius 3 is 2.35 bits per heavy atom. The summed E-state index contributed by atoms with van der Waals surface area (Å²) in [6.45, 7) is 8.27. The van der Waals surface area contributed by atoms with Crippen LogP contribution in [-0.4, -0.2) is 22.8 Å². The molecular weight excluding hydrogens is 326 g/mol. The van der Waals surface area contributed by atoms with Gasteiger partial charge in [-0.1, -0.05) is 6.42 Å². The average Bonchev–Trinajstić information content (AvgIpc) is 2.80. The van der Waals surface area contributed by atoms with Gasteiger partial charge in [-0.05, 0) is 76.6 Å². The summed E-state index contributed by atoms with van der Waals surface area (Å²) in [6.07, 6.45) is 5.70. The molecule has 0 spiro atoms. The van der Waals surface area contributed by atoms with E-state index < -0.39 is 0 Å². The molecule has 2 aromatic rings. The fourth-order valence-electron chi connectivity index (χ4n) is 3.68. The molecule has 0 atom stereocenters. The molecule has 5 nitrogen and oxygen atoms in total. The van der Waals surface area contributed by atoms with E-state index in [4.69, 9.17) is 4.74 Å². The Labute approximate surface area is 155 Å². The number of aryl methyl sites for hydroxylation is 3. The van der Waals surface area contributed by atoms with Gasteiger partial charge in [-0.15, -0.1) is 0 Å². The van der Waals surface area contributed by atoms with Crippen LogP contribution in [0.2, 0.25) is 0 Å². The van der Waals surface area contributed by atoms with Gasteiger partial charge in [-0.2, -0.15) is 5.10 Å². The predicted octanol–water partition coefficient (Wildman–Crippen LogP) is 4.48. The number of hydrogen-bond acceptors (Lipinski definition) is 3. The highest BCUT2D eigenvalue weighted by Gasteiger charge is 2.21. The van der Waals surface area contributed by atoms with Crippen molar-refractivity contribution in [2.24, 2.45) is 0 Å². The Balaban J connectivity index is 1.89. The Kier molecular flexibility index (Phi) is 5.08. The molecule has 0 saturated heterocycles. The number of aromatic nitrogens is 2. The smallest absolute Gasteiger partial charge is 0.260 e. The van der Waals surface area contributed by atoms with Crippen LogP contribution in [0, 0.1) is 6.92 Å². The molecule has 0 fully saturated rings. The molecule has 26 heavy (non-hydrogen) atoms. The van der Waals surface area contributed by atoms with Gasteiger partial charge in [0.2, 0.25) is 0 Å². The second-order valence-electron chi connectivity index (χ2n) is 8.09. The molecule has 1 aromatic carbocycles. The van der Waals surface area contributed by atoms with Crippen molar-refractivity contribution >= 4 is 11.7 Å². The SMILES string of the molecule is COc1cc2c(cc1C(=O)Nc1cc(C)n(C(C)(C)C)n1)CCCCC2. The first-order valence-electron chi connectivity index (χ1n) is 9.38. The minimum atomic E-state index is -0.174. The van der Waals surface area contributed by atoms with Gasteiger partial charge in [0.1, 0.15) is 5.75 Å². The second-order valence-corrected chi connectivity index (χ2v) is 8.09. The van der Waals surface area contributed by atoms with Crippen LogP contribution in [0.25, 0.3) is 0 Å². The van der Waals surface area contributed by atoms with E-state index in [-0.39, 0.29) is 11.4 Å². The van der Waals surface area contributed by atoms with Gasteiger partial charge in [0, 0.05) is 11.8 Å². The van der Waals surface area contributed by atoms with Crippen LogP contribution in [0.5, 0.6) is 5.75 Å². The maximum Gasteiger partial charge on any atom is 0.260 e. The number of rotatable bonds is 3. The van der Waals surface area contributed by atoms with Crippen molar-refractivity contribution in [1.29, 1.82) is 0 Å². The van der Waals surface area contributed by atoms with Gasteiger partial charge in [0.15, 0.2) is 5.82 Å². The van der Waals surface area contributed by atoms with E-state index >= 15 is 0 Å². The average molecular weight is 355 g/mol. The quantitative estimate of drug-likeness (QED) is 0.826. The maximum atomic E-state index is 12.9. The molecule has 1 aliphatic carbocycles. The van der Waals surface area contributed by atoms with Crippen LogP contribution in [0.4, 0.5) is 5.82 Å². The van der Waals surface area contributed by atoms with E-state index in [1.54, 1.807) is 7.11 Å². The first kappa shape index (κ1) is 18.5. The van der Waals surface area contributed by atoms with Crippen molar-refractivity contribution in [2.45, 2.75) is 65.3 Å². The molecule has 5 heteroatoms. The number of amides is 1. The number of benzene rings is 1. The van der Waals surface area contributed by atoms with Crippen molar-refractivity contribution in [3.63, 3.8) is 0 Å². The summed E-state index contributed by atoms with van der Waals surface area (Å²) in [6, 6.07) is 5.94. The van der Waals surface area contributed by atoms with E-state index in [0.29, 0.717) is 17.1 Å². The highest BCUT2D eigenvalue weighted by atomic mass is 16.5. The number of carbonyl (C=O) groups is 1. The van der Waals surface area contributed by atoms with Crippen molar-refractivity contribution in [3.8, 4) is 5.75 Å². The summed E-state index contributed by atoms with van der Waals surface area (Å²) in [5.41, 5.74) is 4.04. The van der Waals surface area contributed by atoms with Gasteiger partial charge in [-0.25, -0.2) is 0 Å². The lowest BCUT2D eigenvalue weighted by atomic mass is 9.98. The molecule has 0 saturated carbocycles. The van der Waals surface area contributed by atoms with Crippen LogP contribution in [0.1, 0.15) is 67.2 Å². The fraction of sp³-hybridized carbons (Fsp3) is 0.524. The van der Waals surface area contributed by atoms with Crippen LogP contribution < -0.4 is 10.1 Å². The lowest BCUT2D eigenvalue weighted by molar-refractivity contribution is 0.102. The number of anilines is 1. The Morgan fingerprint density at radius 1 is 1.12 bits per heavy atom. The molecule has 1 N–H and O–H groups in total. The summed E-state index contributed by atoms with van der Waals surface area (Å²) in [7, 11) is 1.62. The summed E-state index contributed by atoms with van der Waals surface area (Å²) in [5, 5.41) is 7.49. The molecule has 0 aliphatic heterocycles. The van der Waals surface area contributed by atoms with Crippen molar-refractivity contribution in [2.75, 3.05) is 12.4 Å². The molecule has 1 aromatic heterocycles. The van der Waals surface area contributed by atoms with Crippen LogP contribution in [0.15, 0.2) is 18.2 Å². The molecule has 3 rings (SSSR count). The van der Waals surface area contributed by atoms with E-state index in [1.807, 2.05) is 29.8 Å². The molecule has 140 valence electrons. The zero-order valence-corrected chi connectivity index (χ0v) is 16.5. The molecule has 1 heterocycles. The zero-order valence-electron chi connectivity index (χ0n) is 16.5. The van der Waals surface area contributed by atoms with Crippen LogP contribution >= 0.6 is 0 Å². The minimum Gasteiger partial charge on any atom is -0.496 e. The summed E-state index contributed by atoms with van der Waals surface area (Å²) in [4.78, 5) is 12.9. The number of fused-ring (bicyclic) bond motifs is 1. The van der Waals surface area contributed by atoms with Gasteiger partial charge >= 0.3 is 0 Å². The monoisotopic (exact) mass is 355 g/mol. The topological polar surface area (TPSA) is 56.1 Å². The molecule has 1 aliphatic rings. The molecule has 0 bridgehead atoms. The van der Waals surface area contributed by atoms with E-state index in [2.05, 4.69) is 31.2 Å². The number of hydrogen-bond donors (Lipinski definition) is 1. The Bertz CT molecular complexity index is 815. The van der Waals surface area contributed by atoms with Gasteiger partial charge < -0.3 is 10.1 Å². The summed E-state index contributed by atoms with van der Waals surface area (Å²) in [5.74, 6) is 1.03. The third-order valence-corrected chi connectivity index (χ3v) is 4.92. The van der Waals surface area contributed by atoms with Crippen molar-refractivity contribution < 1.29 is 9.53 Å². The molecule has 0 unspecified atom stereocenters. The normalized spacial score (nSPS) is 14.5. The van der Waals surface area contributed by atoms with Gasteiger partial charge in [-0.3, -0.25) is 9.48 Å². The van der Waals surface area contributed by atoms with E-state index in [0.717, 1.165) is 18.5 Å². The zero-order chi connectivity index (χ0) is 18.9. The highest BCUT2D eigenvalue weighted by molar-refractivity contribution is 6.06. The Morgan fingerprint density at radius 2 is 1.77 bits per heavy atom. The number of methoxy groups -OCH3 is 1. The molecular formula is C21H29N3O2. The lowest BCUT2D eigenvalue weighted by Crippen LogP contribution is -2.24. The minimum absolute atomic E-state index is 0.130. The van der Waals surface area contributed by atoms with Crippen molar-refractivity contribution in [3.05, 3.63) is 40.6 Å². The number of carbonyl (C=O) groups excluding carboxylic acids is 1. The fourth-order valence-corrected chi connectivity index (χ4v) is 3.68. The number of nitrogens with zero attached hydrogens (tertiary/aromatic N) is 2. The van der Waals surface area contributed by atoms with Crippen LogP contribution in [0.3, 0.4) is 0 Å². The highest BCUT2D eigenvalue weighted by Crippen LogP contribution is 2.29. The molecule has 1 amide bonds. The largest absolute Gasteiger partial charge is 0.496 e. The molecule has 0 radical (unpaired) electrons.